The Morgan fingerprint density at radius 1 is 0.681 bits per heavy atom. The number of fused-ring (bicyclic) bond motifs is 4. The molecule has 0 fully saturated rings. The molecule has 4 nitrogen and oxygen atoms in total. The Kier molecular flexibility index (Phi) is 6.78. The van der Waals surface area contributed by atoms with Gasteiger partial charge in [0, 0.05) is 33.8 Å². The van der Waals surface area contributed by atoms with Crippen LogP contribution in [0.2, 0.25) is 0 Å². The molecule has 3 aliphatic rings. The number of allylic oxidation sites excluding steroid dienone is 2. The van der Waals surface area contributed by atoms with Gasteiger partial charge in [0.05, 0.1) is 5.52 Å². The van der Waals surface area contributed by atoms with E-state index in [2.05, 4.69) is 156 Å². The van der Waals surface area contributed by atoms with Crippen molar-refractivity contribution in [3.8, 4) is 5.69 Å². The maximum absolute atomic E-state index is 5.17. The smallest absolute Gasteiger partial charge is 0.159 e. The molecule has 1 aliphatic heterocycles. The molecule has 47 heavy (non-hydrogen) atoms. The van der Waals surface area contributed by atoms with Crippen LogP contribution in [-0.2, 0) is 12.8 Å². The standard InChI is InChI=1S/C43H34N4/c1-2-11-31(12-3-1)41-44-42(32-21-18-30(19-22-32)35-23-20-29-10-4-5-13-34(29)28-35)46-43(45-41)33-24-26-36(27-25-33)47-39-16-8-6-14-37(39)38-15-7-9-17-40(38)47/h1-6,8-14,16-27,35,42H,7,15,28H2,(H,44,45,46). The summed E-state index contributed by atoms with van der Waals surface area (Å²) < 4.78 is 2.39. The molecule has 5 aromatic carbocycles. The molecule has 9 rings (SSSR count). The van der Waals surface area contributed by atoms with E-state index >= 15 is 0 Å². The summed E-state index contributed by atoms with van der Waals surface area (Å²) in [6.07, 6.45) is 12.1. The number of nitrogens with one attached hydrogen (secondary N) is 1. The molecule has 2 atom stereocenters. The molecule has 2 unspecified atom stereocenters. The van der Waals surface area contributed by atoms with Gasteiger partial charge < -0.3 is 9.88 Å². The van der Waals surface area contributed by atoms with Crippen molar-refractivity contribution in [2.75, 3.05) is 0 Å². The van der Waals surface area contributed by atoms with Crippen LogP contribution in [0.15, 0.2) is 150 Å². The van der Waals surface area contributed by atoms with Crippen molar-refractivity contribution in [3.63, 3.8) is 0 Å². The molecule has 2 aliphatic carbocycles. The van der Waals surface area contributed by atoms with E-state index in [9.17, 15) is 0 Å². The fourth-order valence-corrected chi connectivity index (χ4v) is 7.28. The first-order chi connectivity index (χ1) is 23.3. The first kappa shape index (κ1) is 27.6. The molecular weight excluding hydrogens is 573 g/mol. The highest BCUT2D eigenvalue weighted by atomic mass is 15.2. The second-order valence-corrected chi connectivity index (χ2v) is 12.6. The Bertz CT molecular complexity index is 2230. The number of aliphatic imine (C=N–C) groups is 2. The van der Waals surface area contributed by atoms with Crippen LogP contribution < -0.4 is 5.32 Å². The van der Waals surface area contributed by atoms with Crippen LogP contribution in [0, 0.1) is 0 Å². The van der Waals surface area contributed by atoms with Crippen molar-refractivity contribution in [2.45, 2.75) is 31.3 Å². The van der Waals surface area contributed by atoms with Crippen molar-refractivity contribution in [1.82, 2.24) is 9.88 Å². The first-order valence-electron chi connectivity index (χ1n) is 16.5. The van der Waals surface area contributed by atoms with Gasteiger partial charge in [-0.15, -0.1) is 0 Å². The maximum Gasteiger partial charge on any atom is 0.159 e. The molecular formula is C43H34N4. The summed E-state index contributed by atoms with van der Waals surface area (Å²) in [5.74, 6) is 1.93. The van der Waals surface area contributed by atoms with Gasteiger partial charge in [-0.2, -0.15) is 0 Å². The molecule has 0 amide bonds. The molecule has 0 spiro atoms. The lowest BCUT2D eigenvalue weighted by molar-refractivity contribution is 0.673. The zero-order chi connectivity index (χ0) is 31.2. The van der Waals surface area contributed by atoms with Gasteiger partial charge in [-0.1, -0.05) is 115 Å². The average Bonchev–Trinajstić information content (AvgIpc) is 3.49. The number of para-hydroxylation sites is 1. The monoisotopic (exact) mass is 606 g/mol. The second kappa shape index (κ2) is 11.6. The Morgan fingerprint density at radius 2 is 1.45 bits per heavy atom. The van der Waals surface area contributed by atoms with E-state index in [1.165, 1.54) is 38.9 Å². The highest BCUT2D eigenvalue weighted by molar-refractivity contribution is 6.13. The van der Waals surface area contributed by atoms with E-state index in [1.54, 1.807) is 0 Å². The number of hydrogen-bond donors (Lipinski definition) is 1. The lowest BCUT2D eigenvalue weighted by Crippen LogP contribution is -2.33. The molecule has 1 N–H and O–H groups in total. The van der Waals surface area contributed by atoms with Crippen LogP contribution in [0.5, 0.6) is 0 Å². The van der Waals surface area contributed by atoms with Crippen LogP contribution in [0.3, 0.4) is 0 Å². The van der Waals surface area contributed by atoms with Crippen LogP contribution >= 0.6 is 0 Å². The lowest BCUT2D eigenvalue weighted by Gasteiger charge is -2.24. The number of aromatic nitrogens is 1. The van der Waals surface area contributed by atoms with Crippen LogP contribution in [0.1, 0.15) is 63.1 Å². The number of nitrogens with zero attached hydrogens (tertiary/aromatic N) is 3. The Hall–Kier alpha value is -5.74. The van der Waals surface area contributed by atoms with E-state index in [-0.39, 0.29) is 6.17 Å². The van der Waals surface area contributed by atoms with Crippen LogP contribution in [0.4, 0.5) is 0 Å². The molecule has 1 aromatic heterocycles. The van der Waals surface area contributed by atoms with Crippen LogP contribution in [-0.4, -0.2) is 16.2 Å². The van der Waals surface area contributed by atoms with Crippen molar-refractivity contribution in [1.29, 1.82) is 0 Å². The minimum atomic E-state index is -0.250. The number of benzene rings is 5. The second-order valence-electron chi connectivity index (χ2n) is 12.6. The third-order valence-corrected chi connectivity index (χ3v) is 9.71. The molecule has 2 heterocycles. The Morgan fingerprint density at radius 3 is 2.32 bits per heavy atom. The number of hydrogen-bond acceptors (Lipinski definition) is 3. The minimum Gasteiger partial charge on any atom is -0.344 e. The quantitative estimate of drug-likeness (QED) is 0.209. The van der Waals surface area contributed by atoms with E-state index in [0.717, 1.165) is 53.3 Å². The summed E-state index contributed by atoms with van der Waals surface area (Å²) in [6, 6.07) is 45.4. The fraction of sp³-hybridized carbons (Fsp3) is 0.116. The average molecular weight is 607 g/mol. The van der Waals surface area contributed by atoms with Gasteiger partial charge in [-0.3, -0.25) is 0 Å². The van der Waals surface area contributed by atoms with E-state index in [0.29, 0.717) is 5.92 Å². The molecule has 0 radical (unpaired) electrons. The van der Waals surface area contributed by atoms with Crippen molar-refractivity contribution in [2.24, 2.45) is 9.98 Å². The fourth-order valence-electron chi connectivity index (χ4n) is 7.28. The van der Waals surface area contributed by atoms with Crippen molar-refractivity contribution < 1.29 is 0 Å². The third kappa shape index (κ3) is 5.03. The highest BCUT2D eigenvalue weighted by Crippen LogP contribution is 2.35. The van der Waals surface area contributed by atoms with Crippen LogP contribution in [0.25, 0.3) is 28.7 Å². The van der Waals surface area contributed by atoms with Gasteiger partial charge >= 0.3 is 0 Å². The number of rotatable bonds is 5. The zero-order valence-electron chi connectivity index (χ0n) is 26.1. The summed E-state index contributed by atoms with van der Waals surface area (Å²) in [6.45, 7) is 0. The van der Waals surface area contributed by atoms with Gasteiger partial charge in [-0.25, -0.2) is 9.98 Å². The van der Waals surface area contributed by atoms with E-state index < -0.39 is 0 Å². The predicted octanol–water partition coefficient (Wildman–Crippen LogP) is 9.44. The van der Waals surface area contributed by atoms with Gasteiger partial charge in [0.2, 0.25) is 0 Å². The largest absolute Gasteiger partial charge is 0.344 e. The molecule has 0 saturated carbocycles. The lowest BCUT2D eigenvalue weighted by atomic mass is 9.85. The first-order valence-corrected chi connectivity index (χ1v) is 16.5. The van der Waals surface area contributed by atoms with Gasteiger partial charge in [0.15, 0.2) is 5.84 Å². The predicted molar refractivity (Wildman–Crippen MR) is 194 cm³/mol. The topological polar surface area (TPSA) is 41.7 Å². The van der Waals surface area contributed by atoms with Gasteiger partial charge in [0.25, 0.3) is 0 Å². The summed E-state index contributed by atoms with van der Waals surface area (Å²) in [5.41, 5.74) is 12.3. The highest BCUT2D eigenvalue weighted by Gasteiger charge is 2.23. The summed E-state index contributed by atoms with van der Waals surface area (Å²) in [4.78, 5) is 10.2. The van der Waals surface area contributed by atoms with Crippen molar-refractivity contribution >= 4 is 34.7 Å². The zero-order valence-corrected chi connectivity index (χ0v) is 26.1. The molecule has 0 bridgehead atoms. The summed E-state index contributed by atoms with van der Waals surface area (Å²) in [5, 5.41) is 4.96. The van der Waals surface area contributed by atoms with Gasteiger partial charge in [0.1, 0.15) is 12.0 Å². The maximum atomic E-state index is 5.17. The van der Waals surface area contributed by atoms with E-state index in [1.807, 2.05) is 6.07 Å². The molecule has 4 heteroatoms. The minimum absolute atomic E-state index is 0.250. The van der Waals surface area contributed by atoms with Gasteiger partial charge in [-0.05, 0) is 83.5 Å². The third-order valence-electron chi connectivity index (χ3n) is 9.71. The SMILES string of the molecule is C1=Cc2c(c3ccccc3n2-c2ccc(C3=NC(c4ccc(C5C=Cc6ccccc6C5)cc4)NC(c4ccccc4)=N3)cc2)CC1. The molecule has 0 saturated heterocycles. The summed E-state index contributed by atoms with van der Waals surface area (Å²) >= 11 is 0. The van der Waals surface area contributed by atoms with E-state index in [4.69, 9.17) is 9.98 Å². The number of aryl methyl sites for hydroxylation is 1. The Labute approximate surface area is 275 Å². The molecule has 6 aromatic rings. The Balaban J connectivity index is 1.05. The normalized spacial score (nSPS) is 18.2. The number of amidine groups is 2. The molecule has 226 valence electrons. The summed E-state index contributed by atoms with van der Waals surface area (Å²) in [7, 11) is 0. The van der Waals surface area contributed by atoms with Crippen molar-refractivity contribution in [3.05, 3.63) is 184 Å².